The van der Waals surface area contributed by atoms with Gasteiger partial charge < -0.3 is 14.8 Å². The second-order valence-electron chi connectivity index (χ2n) is 4.48. The Labute approximate surface area is 120 Å². The van der Waals surface area contributed by atoms with Crippen LogP contribution in [-0.2, 0) is 0 Å². The van der Waals surface area contributed by atoms with Crippen LogP contribution in [0.2, 0.25) is 0 Å². The van der Waals surface area contributed by atoms with Crippen molar-refractivity contribution >= 4 is 11.6 Å². The van der Waals surface area contributed by atoms with Crippen molar-refractivity contribution in [3.8, 4) is 0 Å². The van der Waals surface area contributed by atoms with Crippen LogP contribution in [0.15, 0.2) is 41.0 Å². The quantitative estimate of drug-likeness (QED) is 0.646. The molecule has 7 nitrogen and oxygen atoms in total. The predicted octanol–water partition coefficient (Wildman–Crippen LogP) is 1.96. The highest BCUT2D eigenvalue weighted by atomic mass is 16.6. The van der Waals surface area contributed by atoms with Crippen molar-refractivity contribution < 1.29 is 19.2 Å². The Morgan fingerprint density at radius 1 is 1.48 bits per heavy atom. The maximum absolute atomic E-state index is 12.1. The van der Waals surface area contributed by atoms with Crippen molar-refractivity contribution in [1.29, 1.82) is 0 Å². The van der Waals surface area contributed by atoms with Crippen molar-refractivity contribution in [2.24, 2.45) is 0 Å². The molecule has 1 atom stereocenters. The highest BCUT2D eigenvalue weighted by Gasteiger charge is 2.19. The number of aliphatic hydroxyl groups is 1. The first-order valence-corrected chi connectivity index (χ1v) is 6.23. The maximum Gasteiger partial charge on any atom is 0.272 e. The number of amides is 1. The molecule has 21 heavy (non-hydrogen) atoms. The van der Waals surface area contributed by atoms with E-state index in [0.717, 1.165) is 0 Å². The Balaban J connectivity index is 2.16. The van der Waals surface area contributed by atoms with Crippen molar-refractivity contribution in [1.82, 2.24) is 5.32 Å². The molecule has 0 saturated carbocycles. The number of nitrogens with one attached hydrogen (secondary N) is 1. The molecule has 0 saturated heterocycles. The van der Waals surface area contributed by atoms with Crippen LogP contribution in [0.4, 0.5) is 5.69 Å². The summed E-state index contributed by atoms with van der Waals surface area (Å²) in [5, 5.41) is 22.7. The van der Waals surface area contributed by atoms with E-state index in [9.17, 15) is 20.0 Å². The molecule has 1 aromatic carbocycles. The fourth-order valence-corrected chi connectivity index (χ4v) is 1.94. The average molecular weight is 290 g/mol. The number of carbonyl (C=O) groups excluding carboxylic acids is 1. The van der Waals surface area contributed by atoms with E-state index in [0.29, 0.717) is 11.3 Å². The van der Waals surface area contributed by atoms with Crippen LogP contribution in [0.5, 0.6) is 0 Å². The smallest absolute Gasteiger partial charge is 0.272 e. The summed E-state index contributed by atoms with van der Waals surface area (Å²) in [5.74, 6) is -0.00654. The van der Waals surface area contributed by atoms with Gasteiger partial charge in [-0.25, -0.2) is 0 Å². The number of furan rings is 1. The number of rotatable bonds is 5. The molecule has 0 bridgehead atoms. The minimum absolute atomic E-state index is 0.0451. The SMILES string of the molecule is Cc1cc(C(=O)NC(CO)c2ccco2)ccc1[N+](=O)[O-]. The topological polar surface area (TPSA) is 106 Å². The molecule has 0 aliphatic rings. The van der Waals surface area contributed by atoms with Gasteiger partial charge in [0.2, 0.25) is 0 Å². The molecule has 0 radical (unpaired) electrons. The third-order valence-electron chi connectivity index (χ3n) is 3.03. The lowest BCUT2D eigenvalue weighted by atomic mass is 10.1. The third kappa shape index (κ3) is 3.26. The summed E-state index contributed by atoms with van der Waals surface area (Å²) in [6.45, 7) is 1.25. The molecule has 1 aromatic heterocycles. The monoisotopic (exact) mass is 290 g/mol. The first-order valence-electron chi connectivity index (χ1n) is 6.23. The fourth-order valence-electron chi connectivity index (χ4n) is 1.94. The zero-order valence-electron chi connectivity index (χ0n) is 11.3. The highest BCUT2D eigenvalue weighted by molar-refractivity contribution is 5.95. The first kappa shape index (κ1) is 14.7. The van der Waals surface area contributed by atoms with Gasteiger partial charge in [0.05, 0.1) is 17.8 Å². The normalized spacial score (nSPS) is 11.9. The Hall–Kier alpha value is -2.67. The molecule has 7 heteroatoms. The van der Waals surface area contributed by atoms with Gasteiger partial charge in [0.1, 0.15) is 11.8 Å². The van der Waals surface area contributed by atoms with Crippen LogP contribution in [0.3, 0.4) is 0 Å². The lowest BCUT2D eigenvalue weighted by Gasteiger charge is -2.14. The van der Waals surface area contributed by atoms with Crippen LogP contribution in [0.25, 0.3) is 0 Å². The minimum Gasteiger partial charge on any atom is -0.467 e. The largest absolute Gasteiger partial charge is 0.467 e. The van der Waals surface area contributed by atoms with Gasteiger partial charge in [0.25, 0.3) is 11.6 Å². The summed E-state index contributed by atoms with van der Waals surface area (Å²) in [5.41, 5.74) is 0.630. The van der Waals surface area contributed by atoms with Crippen molar-refractivity contribution in [3.05, 3.63) is 63.6 Å². The number of nitro groups is 1. The Kier molecular flexibility index (Phi) is 4.34. The molecule has 1 amide bonds. The molecule has 2 N–H and O–H groups in total. The average Bonchev–Trinajstić information content (AvgIpc) is 2.97. The van der Waals surface area contributed by atoms with E-state index < -0.39 is 16.9 Å². The summed E-state index contributed by atoms with van der Waals surface area (Å²) < 4.78 is 5.13. The number of nitro benzene ring substituents is 1. The zero-order chi connectivity index (χ0) is 15.4. The second kappa shape index (κ2) is 6.19. The zero-order valence-corrected chi connectivity index (χ0v) is 11.3. The van der Waals surface area contributed by atoms with E-state index in [4.69, 9.17) is 4.42 Å². The van der Waals surface area contributed by atoms with E-state index in [1.54, 1.807) is 19.1 Å². The Morgan fingerprint density at radius 2 is 2.24 bits per heavy atom. The van der Waals surface area contributed by atoms with E-state index in [1.165, 1.54) is 24.5 Å². The van der Waals surface area contributed by atoms with Gasteiger partial charge in [-0.05, 0) is 31.2 Å². The van der Waals surface area contributed by atoms with Crippen LogP contribution in [0.1, 0.15) is 27.7 Å². The van der Waals surface area contributed by atoms with Crippen LogP contribution < -0.4 is 5.32 Å². The van der Waals surface area contributed by atoms with Crippen molar-refractivity contribution in [2.45, 2.75) is 13.0 Å². The van der Waals surface area contributed by atoms with Crippen molar-refractivity contribution in [3.63, 3.8) is 0 Å². The Morgan fingerprint density at radius 3 is 2.76 bits per heavy atom. The van der Waals surface area contributed by atoms with Crippen LogP contribution in [0, 0.1) is 17.0 Å². The lowest BCUT2D eigenvalue weighted by molar-refractivity contribution is -0.385. The summed E-state index contributed by atoms with van der Waals surface area (Å²) >= 11 is 0. The summed E-state index contributed by atoms with van der Waals surface area (Å²) in [7, 11) is 0. The number of hydrogen-bond donors (Lipinski definition) is 2. The highest BCUT2D eigenvalue weighted by Crippen LogP contribution is 2.20. The van der Waals surface area contributed by atoms with Gasteiger partial charge in [-0.1, -0.05) is 0 Å². The molecule has 0 aliphatic carbocycles. The lowest BCUT2D eigenvalue weighted by Crippen LogP contribution is -2.30. The minimum atomic E-state index is -0.664. The maximum atomic E-state index is 12.1. The Bertz CT molecular complexity index is 651. The molecule has 1 heterocycles. The van der Waals surface area contributed by atoms with Crippen LogP contribution in [-0.4, -0.2) is 22.5 Å². The summed E-state index contributed by atoms with van der Waals surface area (Å²) in [6.07, 6.45) is 1.44. The molecule has 1 unspecified atom stereocenters. The molecular formula is C14H14N2O5. The van der Waals surface area contributed by atoms with Gasteiger partial charge >= 0.3 is 0 Å². The number of benzene rings is 1. The summed E-state index contributed by atoms with van der Waals surface area (Å²) in [4.78, 5) is 22.3. The second-order valence-corrected chi connectivity index (χ2v) is 4.48. The van der Waals surface area contributed by atoms with Gasteiger partial charge in [-0.15, -0.1) is 0 Å². The van der Waals surface area contributed by atoms with E-state index in [2.05, 4.69) is 5.32 Å². The molecule has 0 fully saturated rings. The first-order chi connectivity index (χ1) is 10.0. The van der Waals surface area contributed by atoms with Crippen molar-refractivity contribution in [2.75, 3.05) is 6.61 Å². The predicted molar refractivity (Wildman–Crippen MR) is 73.8 cm³/mol. The number of nitrogens with zero attached hydrogens (tertiary/aromatic N) is 1. The molecular weight excluding hydrogens is 276 g/mol. The number of carbonyl (C=O) groups is 1. The van der Waals surface area contributed by atoms with E-state index >= 15 is 0 Å². The van der Waals surface area contributed by atoms with Gasteiger partial charge in [-0.3, -0.25) is 14.9 Å². The van der Waals surface area contributed by atoms with Gasteiger partial charge in [-0.2, -0.15) is 0 Å². The van der Waals surface area contributed by atoms with E-state index in [1.807, 2.05) is 0 Å². The summed E-state index contributed by atoms with van der Waals surface area (Å²) in [6, 6.07) is 6.72. The standard InChI is InChI=1S/C14H14N2O5/c1-9-7-10(4-5-12(9)16(19)20)14(18)15-11(8-17)13-3-2-6-21-13/h2-7,11,17H,8H2,1H3,(H,15,18). The molecule has 0 spiro atoms. The molecule has 2 aromatic rings. The van der Waals surface area contributed by atoms with Gasteiger partial charge in [0.15, 0.2) is 0 Å². The fraction of sp³-hybridized carbons (Fsp3) is 0.214. The molecule has 110 valence electrons. The third-order valence-corrected chi connectivity index (χ3v) is 3.03. The van der Waals surface area contributed by atoms with E-state index in [-0.39, 0.29) is 17.9 Å². The molecule has 2 rings (SSSR count). The molecule has 0 aliphatic heterocycles. The number of aliphatic hydroxyl groups excluding tert-OH is 1. The number of hydrogen-bond acceptors (Lipinski definition) is 5. The van der Waals surface area contributed by atoms with Gasteiger partial charge in [0, 0.05) is 17.2 Å². The van der Waals surface area contributed by atoms with Crippen LogP contribution >= 0.6 is 0 Å². The number of aryl methyl sites for hydroxylation is 1.